The van der Waals surface area contributed by atoms with Crippen LogP contribution in [-0.4, -0.2) is 42.8 Å². The van der Waals surface area contributed by atoms with Crippen LogP contribution in [0.4, 0.5) is 0 Å². The molecule has 2 aliphatic rings. The molecule has 3 nitrogen and oxygen atoms in total. The third-order valence-electron chi connectivity index (χ3n) is 5.20. The molecule has 1 heterocycles. The monoisotopic (exact) mass is 268 g/mol. The Labute approximate surface area is 118 Å². The summed E-state index contributed by atoms with van der Waals surface area (Å²) in [6, 6.07) is 0. The van der Waals surface area contributed by atoms with E-state index < -0.39 is 0 Å². The molecule has 0 radical (unpaired) electrons. The lowest BCUT2D eigenvalue weighted by Crippen LogP contribution is -2.57. The lowest BCUT2D eigenvalue weighted by atomic mass is 9.75. The van der Waals surface area contributed by atoms with E-state index in [-0.39, 0.29) is 5.54 Å². The van der Waals surface area contributed by atoms with Gasteiger partial charge in [0.05, 0.1) is 6.10 Å². The van der Waals surface area contributed by atoms with Crippen molar-refractivity contribution in [2.75, 3.05) is 26.2 Å². The Morgan fingerprint density at radius 3 is 2.53 bits per heavy atom. The molecular weight excluding hydrogens is 236 g/mol. The van der Waals surface area contributed by atoms with Crippen LogP contribution in [0.3, 0.4) is 0 Å². The smallest absolute Gasteiger partial charge is 0.0703 e. The minimum absolute atomic E-state index is 0.258. The predicted molar refractivity (Wildman–Crippen MR) is 80.3 cm³/mol. The Kier molecular flexibility index (Phi) is 5.67. The SMILES string of the molecule is CCCN(CC1CCCO1)C1(CN)CCC(C)CC1. The van der Waals surface area contributed by atoms with Gasteiger partial charge in [-0.25, -0.2) is 0 Å². The lowest BCUT2D eigenvalue weighted by Gasteiger charge is -2.48. The molecule has 1 unspecified atom stereocenters. The minimum Gasteiger partial charge on any atom is -0.377 e. The fraction of sp³-hybridized carbons (Fsp3) is 1.00. The average Bonchev–Trinajstić information content (AvgIpc) is 2.93. The molecule has 0 aromatic heterocycles. The second-order valence-corrected chi connectivity index (χ2v) is 6.69. The summed E-state index contributed by atoms with van der Waals surface area (Å²) in [5, 5.41) is 0. The number of nitrogens with two attached hydrogens (primary N) is 1. The molecule has 0 spiro atoms. The molecule has 0 aromatic carbocycles. The van der Waals surface area contributed by atoms with Crippen molar-refractivity contribution in [3.63, 3.8) is 0 Å². The maximum atomic E-state index is 6.21. The van der Waals surface area contributed by atoms with E-state index in [2.05, 4.69) is 18.7 Å². The summed E-state index contributed by atoms with van der Waals surface area (Å²) in [6.45, 7) is 8.69. The largest absolute Gasteiger partial charge is 0.377 e. The van der Waals surface area contributed by atoms with Gasteiger partial charge in [0.25, 0.3) is 0 Å². The summed E-state index contributed by atoms with van der Waals surface area (Å²) in [5.74, 6) is 0.880. The van der Waals surface area contributed by atoms with Gasteiger partial charge in [0.2, 0.25) is 0 Å². The van der Waals surface area contributed by atoms with Crippen molar-refractivity contribution >= 4 is 0 Å². The van der Waals surface area contributed by atoms with E-state index >= 15 is 0 Å². The molecule has 2 N–H and O–H groups in total. The molecule has 1 aliphatic carbocycles. The second kappa shape index (κ2) is 7.05. The normalized spacial score (nSPS) is 36.0. The first-order chi connectivity index (χ1) is 9.20. The molecule has 0 aromatic rings. The molecule has 1 saturated heterocycles. The first-order valence-corrected chi connectivity index (χ1v) is 8.27. The summed E-state index contributed by atoms with van der Waals surface area (Å²) < 4.78 is 5.85. The van der Waals surface area contributed by atoms with Crippen molar-refractivity contribution in [2.24, 2.45) is 11.7 Å². The Morgan fingerprint density at radius 2 is 2.00 bits per heavy atom. The molecule has 2 rings (SSSR count). The third-order valence-corrected chi connectivity index (χ3v) is 5.20. The Balaban J connectivity index is 2.01. The maximum absolute atomic E-state index is 6.21. The molecule has 2 fully saturated rings. The molecule has 19 heavy (non-hydrogen) atoms. The zero-order chi connectivity index (χ0) is 13.7. The van der Waals surface area contributed by atoms with E-state index in [1.165, 1.54) is 51.5 Å². The lowest BCUT2D eigenvalue weighted by molar-refractivity contribution is -0.00242. The third kappa shape index (κ3) is 3.71. The van der Waals surface area contributed by atoms with Crippen molar-refractivity contribution in [3.8, 4) is 0 Å². The van der Waals surface area contributed by atoms with Crippen LogP contribution < -0.4 is 5.73 Å². The average molecular weight is 268 g/mol. The number of hydrogen-bond donors (Lipinski definition) is 1. The minimum atomic E-state index is 0.258. The van der Waals surface area contributed by atoms with E-state index in [1.54, 1.807) is 0 Å². The van der Waals surface area contributed by atoms with Crippen molar-refractivity contribution in [2.45, 2.75) is 70.4 Å². The predicted octanol–water partition coefficient (Wildman–Crippen LogP) is 2.79. The molecule has 112 valence electrons. The number of hydrogen-bond acceptors (Lipinski definition) is 3. The maximum Gasteiger partial charge on any atom is 0.0703 e. The standard InChI is InChI=1S/C16H32N2O/c1-3-10-18(12-15-5-4-11-19-15)16(13-17)8-6-14(2)7-9-16/h14-15H,3-13,17H2,1-2H3. The number of ether oxygens (including phenoxy) is 1. The van der Waals surface area contributed by atoms with Gasteiger partial charge in [-0.2, -0.15) is 0 Å². The highest BCUT2D eigenvalue weighted by Crippen LogP contribution is 2.36. The van der Waals surface area contributed by atoms with Gasteiger partial charge >= 0.3 is 0 Å². The van der Waals surface area contributed by atoms with Crippen molar-refractivity contribution in [3.05, 3.63) is 0 Å². The molecule has 1 saturated carbocycles. The fourth-order valence-corrected chi connectivity index (χ4v) is 3.78. The molecule has 0 bridgehead atoms. The van der Waals surface area contributed by atoms with E-state index in [4.69, 9.17) is 10.5 Å². The highest BCUT2D eigenvalue weighted by Gasteiger charge is 2.39. The zero-order valence-electron chi connectivity index (χ0n) is 12.9. The van der Waals surface area contributed by atoms with Gasteiger partial charge in [-0.3, -0.25) is 4.90 Å². The van der Waals surface area contributed by atoms with Crippen LogP contribution in [0, 0.1) is 5.92 Å². The van der Waals surface area contributed by atoms with Gasteiger partial charge in [-0.05, 0) is 57.4 Å². The molecular formula is C16H32N2O. The molecule has 1 atom stereocenters. The first kappa shape index (κ1) is 15.3. The Bertz CT molecular complexity index is 255. The van der Waals surface area contributed by atoms with Crippen molar-refractivity contribution < 1.29 is 4.74 Å². The Hall–Kier alpha value is -0.120. The van der Waals surface area contributed by atoms with Crippen LogP contribution in [-0.2, 0) is 4.74 Å². The summed E-state index contributed by atoms with van der Waals surface area (Å²) in [7, 11) is 0. The van der Waals surface area contributed by atoms with Crippen molar-refractivity contribution in [1.82, 2.24) is 4.90 Å². The van der Waals surface area contributed by atoms with E-state index in [9.17, 15) is 0 Å². The summed E-state index contributed by atoms with van der Waals surface area (Å²) in [6.07, 6.45) is 9.36. The topological polar surface area (TPSA) is 38.5 Å². The molecule has 1 aliphatic heterocycles. The van der Waals surface area contributed by atoms with Crippen LogP contribution in [0.2, 0.25) is 0 Å². The van der Waals surface area contributed by atoms with Gasteiger partial charge in [0.1, 0.15) is 0 Å². The van der Waals surface area contributed by atoms with Crippen LogP contribution in [0.1, 0.15) is 58.8 Å². The van der Waals surface area contributed by atoms with Gasteiger partial charge in [-0.15, -0.1) is 0 Å². The fourth-order valence-electron chi connectivity index (χ4n) is 3.78. The van der Waals surface area contributed by atoms with Gasteiger partial charge in [0, 0.05) is 25.2 Å². The summed E-state index contributed by atoms with van der Waals surface area (Å²) in [5.41, 5.74) is 6.47. The molecule has 0 amide bonds. The van der Waals surface area contributed by atoms with Gasteiger partial charge in [0.15, 0.2) is 0 Å². The quantitative estimate of drug-likeness (QED) is 0.805. The van der Waals surface area contributed by atoms with E-state index in [1.807, 2.05) is 0 Å². The van der Waals surface area contributed by atoms with Crippen LogP contribution in [0.25, 0.3) is 0 Å². The van der Waals surface area contributed by atoms with Gasteiger partial charge < -0.3 is 10.5 Å². The van der Waals surface area contributed by atoms with Crippen LogP contribution >= 0.6 is 0 Å². The van der Waals surface area contributed by atoms with Crippen molar-refractivity contribution in [1.29, 1.82) is 0 Å². The van der Waals surface area contributed by atoms with E-state index in [0.717, 1.165) is 25.6 Å². The highest BCUT2D eigenvalue weighted by atomic mass is 16.5. The summed E-state index contributed by atoms with van der Waals surface area (Å²) >= 11 is 0. The zero-order valence-corrected chi connectivity index (χ0v) is 12.9. The molecule has 3 heteroatoms. The Morgan fingerprint density at radius 1 is 1.26 bits per heavy atom. The highest BCUT2D eigenvalue weighted by molar-refractivity contribution is 4.96. The van der Waals surface area contributed by atoms with Crippen LogP contribution in [0.5, 0.6) is 0 Å². The first-order valence-electron chi connectivity index (χ1n) is 8.27. The van der Waals surface area contributed by atoms with Gasteiger partial charge in [-0.1, -0.05) is 13.8 Å². The number of nitrogens with zero attached hydrogens (tertiary/aromatic N) is 1. The summed E-state index contributed by atoms with van der Waals surface area (Å²) in [4.78, 5) is 2.68. The second-order valence-electron chi connectivity index (χ2n) is 6.69. The van der Waals surface area contributed by atoms with E-state index in [0.29, 0.717) is 6.10 Å². The number of rotatable bonds is 6. The van der Waals surface area contributed by atoms with Crippen LogP contribution in [0.15, 0.2) is 0 Å².